The van der Waals surface area contributed by atoms with E-state index in [0.717, 1.165) is 21.8 Å². The monoisotopic (exact) mass is 526 g/mol. The summed E-state index contributed by atoms with van der Waals surface area (Å²) >= 11 is 0. The highest BCUT2D eigenvalue weighted by Crippen LogP contribution is 2.29. The van der Waals surface area contributed by atoms with Crippen LogP contribution in [-0.4, -0.2) is 40.6 Å². The summed E-state index contributed by atoms with van der Waals surface area (Å²) in [5.41, 5.74) is 3.71. The molecule has 10 heteroatoms. The zero-order chi connectivity index (χ0) is 27.7. The van der Waals surface area contributed by atoms with Crippen molar-refractivity contribution in [1.29, 1.82) is 0 Å². The van der Waals surface area contributed by atoms with Crippen LogP contribution in [0.4, 0.5) is 10.5 Å². The SMILES string of the molecule is Cc1cc(C)cc(Oc2ccc(NC(=O)NCc3ccc4c(c3)C(=O)N(C3CCC(=O)NC3=O)C4=O)cc2)c1. The molecule has 2 heterocycles. The molecule has 1 unspecified atom stereocenters. The van der Waals surface area contributed by atoms with Crippen LogP contribution < -0.4 is 20.7 Å². The maximum absolute atomic E-state index is 13.0. The van der Waals surface area contributed by atoms with E-state index in [-0.39, 0.29) is 30.5 Å². The fourth-order valence-electron chi connectivity index (χ4n) is 4.72. The number of nitrogens with one attached hydrogen (secondary N) is 3. The quantitative estimate of drug-likeness (QED) is 0.418. The van der Waals surface area contributed by atoms with Gasteiger partial charge in [-0.2, -0.15) is 0 Å². The second-order valence-corrected chi connectivity index (χ2v) is 9.58. The summed E-state index contributed by atoms with van der Waals surface area (Å²) in [5, 5.41) is 7.64. The largest absolute Gasteiger partial charge is 0.457 e. The smallest absolute Gasteiger partial charge is 0.319 e. The highest BCUT2D eigenvalue weighted by Gasteiger charge is 2.44. The summed E-state index contributed by atoms with van der Waals surface area (Å²) in [6, 6.07) is 16.1. The number of benzene rings is 3. The Morgan fingerprint density at radius 3 is 2.28 bits per heavy atom. The first-order valence-corrected chi connectivity index (χ1v) is 12.4. The molecule has 5 rings (SSSR count). The molecule has 3 aromatic carbocycles. The average molecular weight is 527 g/mol. The van der Waals surface area contributed by atoms with E-state index in [1.165, 1.54) is 12.1 Å². The number of anilines is 1. The molecule has 3 aromatic rings. The number of urea groups is 1. The van der Waals surface area contributed by atoms with Crippen LogP contribution in [0.15, 0.2) is 60.7 Å². The Morgan fingerprint density at radius 1 is 0.897 bits per heavy atom. The lowest BCUT2D eigenvalue weighted by atomic mass is 10.0. The number of amides is 6. The zero-order valence-corrected chi connectivity index (χ0v) is 21.4. The van der Waals surface area contributed by atoms with E-state index in [9.17, 15) is 24.0 Å². The Kier molecular flexibility index (Phi) is 6.84. The fourth-order valence-corrected chi connectivity index (χ4v) is 4.72. The van der Waals surface area contributed by atoms with Gasteiger partial charge in [-0.25, -0.2) is 4.79 Å². The van der Waals surface area contributed by atoms with E-state index in [2.05, 4.69) is 22.0 Å². The van der Waals surface area contributed by atoms with Gasteiger partial charge in [-0.05, 0) is 85.5 Å². The van der Waals surface area contributed by atoms with Crippen LogP contribution in [0.2, 0.25) is 0 Å². The number of ether oxygens (including phenoxy) is 1. The van der Waals surface area contributed by atoms with Crippen LogP contribution in [0, 0.1) is 13.8 Å². The molecule has 0 radical (unpaired) electrons. The minimum absolute atomic E-state index is 0.0519. The van der Waals surface area contributed by atoms with Crippen molar-refractivity contribution in [3.05, 3.63) is 88.5 Å². The third-order valence-corrected chi connectivity index (χ3v) is 6.50. The average Bonchev–Trinajstić information content (AvgIpc) is 3.13. The number of piperidine rings is 1. The molecule has 10 nitrogen and oxygen atoms in total. The van der Waals surface area contributed by atoms with Crippen molar-refractivity contribution in [3.8, 4) is 11.5 Å². The predicted molar refractivity (Wildman–Crippen MR) is 141 cm³/mol. The van der Waals surface area contributed by atoms with Gasteiger partial charge in [0.15, 0.2) is 0 Å². The maximum Gasteiger partial charge on any atom is 0.319 e. The molecule has 0 aliphatic carbocycles. The number of carbonyl (C=O) groups is 5. The topological polar surface area (TPSA) is 134 Å². The van der Waals surface area contributed by atoms with E-state index in [4.69, 9.17) is 4.74 Å². The lowest BCUT2D eigenvalue weighted by Crippen LogP contribution is -2.54. The van der Waals surface area contributed by atoms with Crippen molar-refractivity contribution in [2.45, 2.75) is 39.3 Å². The van der Waals surface area contributed by atoms with Crippen LogP contribution in [0.3, 0.4) is 0 Å². The summed E-state index contributed by atoms with van der Waals surface area (Å²) in [6.45, 7) is 4.11. The van der Waals surface area contributed by atoms with Crippen LogP contribution >= 0.6 is 0 Å². The van der Waals surface area contributed by atoms with Gasteiger partial charge >= 0.3 is 6.03 Å². The van der Waals surface area contributed by atoms with Crippen molar-refractivity contribution < 1.29 is 28.7 Å². The molecule has 2 aliphatic rings. The Hall–Kier alpha value is -4.99. The van der Waals surface area contributed by atoms with Gasteiger partial charge in [0.25, 0.3) is 11.8 Å². The number of imide groups is 2. The van der Waals surface area contributed by atoms with E-state index in [1.54, 1.807) is 30.3 Å². The van der Waals surface area contributed by atoms with Gasteiger partial charge in [0.2, 0.25) is 11.8 Å². The molecule has 1 saturated heterocycles. The lowest BCUT2D eigenvalue weighted by molar-refractivity contribution is -0.136. The van der Waals surface area contributed by atoms with Gasteiger partial charge < -0.3 is 15.4 Å². The van der Waals surface area contributed by atoms with Gasteiger partial charge in [0.1, 0.15) is 17.5 Å². The highest BCUT2D eigenvalue weighted by molar-refractivity contribution is 6.23. The number of carbonyl (C=O) groups excluding carboxylic acids is 5. The summed E-state index contributed by atoms with van der Waals surface area (Å²) in [5.74, 6) is -0.897. The molecule has 1 fully saturated rings. The van der Waals surface area contributed by atoms with Crippen LogP contribution in [0.5, 0.6) is 11.5 Å². The summed E-state index contributed by atoms with van der Waals surface area (Å²) < 4.78 is 5.89. The molecule has 0 saturated carbocycles. The Morgan fingerprint density at radius 2 is 1.59 bits per heavy atom. The minimum atomic E-state index is -1.03. The third kappa shape index (κ3) is 5.49. The van der Waals surface area contributed by atoms with Crippen molar-refractivity contribution in [3.63, 3.8) is 0 Å². The Balaban J connectivity index is 1.17. The number of nitrogens with zero attached hydrogens (tertiary/aromatic N) is 1. The normalized spacial score (nSPS) is 16.6. The number of fused-ring (bicyclic) bond motifs is 1. The van der Waals surface area contributed by atoms with E-state index in [1.807, 2.05) is 26.0 Å². The molecular formula is C29H26N4O6. The first-order valence-electron chi connectivity index (χ1n) is 12.4. The standard InChI is InChI=1S/C29H26N4O6/c1-16-11-17(2)13-21(12-16)39-20-6-4-19(5-7-20)31-29(38)30-15-18-3-8-22-23(14-18)28(37)33(27(22)36)24-9-10-25(34)32-26(24)35/h3-8,11-14,24H,9-10,15H2,1-2H3,(H2,30,31,38)(H,32,34,35). The van der Waals surface area contributed by atoms with Gasteiger partial charge in [-0.1, -0.05) is 12.1 Å². The number of rotatable bonds is 6. The molecular weight excluding hydrogens is 500 g/mol. The van der Waals surface area contributed by atoms with E-state index >= 15 is 0 Å². The van der Waals surface area contributed by atoms with Crippen molar-refractivity contribution in [2.75, 3.05) is 5.32 Å². The van der Waals surface area contributed by atoms with Crippen molar-refractivity contribution >= 4 is 35.3 Å². The molecule has 0 aromatic heterocycles. The summed E-state index contributed by atoms with van der Waals surface area (Å²) in [7, 11) is 0. The first kappa shape index (κ1) is 25.7. The highest BCUT2D eigenvalue weighted by atomic mass is 16.5. The van der Waals surface area contributed by atoms with Gasteiger partial charge in [-0.15, -0.1) is 0 Å². The van der Waals surface area contributed by atoms with Crippen molar-refractivity contribution in [2.24, 2.45) is 0 Å². The molecule has 0 spiro atoms. The minimum Gasteiger partial charge on any atom is -0.457 e. The molecule has 0 bridgehead atoms. The van der Waals surface area contributed by atoms with Gasteiger partial charge in [-0.3, -0.25) is 29.4 Å². The summed E-state index contributed by atoms with van der Waals surface area (Å²) in [4.78, 5) is 62.8. The van der Waals surface area contributed by atoms with Crippen LogP contribution in [0.25, 0.3) is 0 Å². The Labute approximate surface area is 224 Å². The molecule has 198 valence electrons. The van der Waals surface area contributed by atoms with Crippen LogP contribution in [0.1, 0.15) is 50.2 Å². The Bertz CT molecular complexity index is 1490. The number of aryl methyl sites for hydroxylation is 2. The molecule has 2 aliphatic heterocycles. The van der Waals surface area contributed by atoms with Gasteiger partial charge in [0.05, 0.1) is 11.1 Å². The van der Waals surface area contributed by atoms with Crippen LogP contribution in [-0.2, 0) is 16.1 Å². The van der Waals surface area contributed by atoms with Crippen molar-refractivity contribution in [1.82, 2.24) is 15.5 Å². The maximum atomic E-state index is 13.0. The molecule has 6 amide bonds. The fraction of sp³-hybridized carbons (Fsp3) is 0.207. The lowest BCUT2D eigenvalue weighted by Gasteiger charge is -2.27. The second kappa shape index (κ2) is 10.4. The molecule has 39 heavy (non-hydrogen) atoms. The number of hydrogen-bond acceptors (Lipinski definition) is 6. The summed E-state index contributed by atoms with van der Waals surface area (Å²) in [6.07, 6.45) is 0.139. The van der Waals surface area contributed by atoms with E-state index < -0.39 is 35.7 Å². The molecule has 3 N–H and O–H groups in total. The third-order valence-electron chi connectivity index (χ3n) is 6.50. The zero-order valence-electron chi connectivity index (χ0n) is 21.4. The predicted octanol–water partition coefficient (Wildman–Crippen LogP) is 3.82. The second-order valence-electron chi connectivity index (χ2n) is 9.58. The number of hydrogen-bond donors (Lipinski definition) is 3. The van der Waals surface area contributed by atoms with E-state index in [0.29, 0.717) is 17.0 Å². The molecule has 1 atom stereocenters. The van der Waals surface area contributed by atoms with Gasteiger partial charge in [0, 0.05) is 18.7 Å². The first-order chi connectivity index (χ1) is 18.7.